The van der Waals surface area contributed by atoms with E-state index in [1.54, 1.807) is 12.1 Å². The van der Waals surface area contributed by atoms with E-state index in [0.29, 0.717) is 6.04 Å². The van der Waals surface area contributed by atoms with Crippen molar-refractivity contribution in [2.75, 3.05) is 0 Å². The summed E-state index contributed by atoms with van der Waals surface area (Å²) in [5.74, 6) is 1.73. The van der Waals surface area contributed by atoms with E-state index in [1.165, 1.54) is 0 Å². The molecule has 22 heavy (non-hydrogen) atoms. The molecule has 1 aliphatic heterocycles. The summed E-state index contributed by atoms with van der Waals surface area (Å²) in [4.78, 5) is 0. The molecule has 2 aliphatic rings. The number of benzene rings is 1. The van der Waals surface area contributed by atoms with E-state index in [4.69, 9.17) is 11.6 Å². The Hall–Kier alpha value is -1.46. The molecule has 0 amide bonds. The van der Waals surface area contributed by atoms with Crippen LogP contribution in [-0.2, 0) is 19.4 Å². The summed E-state index contributed by atoms with van der Waals surface area (Å²) in [6.07, 6.45) is 3.91. The van der Waals surface area contributed by atoms with Gasteiger partial charge in [-0.1, -0.05) is 11.6 Å². The average molecular weight is 321 g/mol. The van der Waals surface area contributed by atoms with Gasteiger partial charge in [0, 0.05) is 25.0 Å². The van der Waals surface area contributed by atoms with Gasteiger partial charge < -0.3 is 9.88 Å². The van der Waals surface area contributed by atoms with E-state index in [9.17, 15) is 4.39 Å². The third kappa shape index (κ3) is 2.32. The molecule has 1 N–H and O–H groups in total. The normalized spacial score (nSPS) is 23.4. The first-order valence-corrected chi connectivity index (χ1v) is 8.12. The number of hydrogen-bond acceptors (Lipinski definition) is 3. The maximum Gasteiger partial charge on any atom is 0.142 e. The van der Waals surface area contributed by atoms with Crippen LogP contribution in [-0.4, -0.2) is 20.8 Å². The fraction of sp³-hybridized carbons (Fsp3) is 0.500. The summed E-state index contributed by atoms with van der Waals surface area (Å²) in [6.45, 7) is 2.89. The largest absolute Gasteiger partial charge is 0.314 e. The highest BCUT2D eigenvalue weighted by Gasteiger charge is 2.28. The van der Waals surface area contributed by atoms with Crippen molar-refractivity contribution in [1.82, 2.24) is 20.1 Å². The van der Waals surface area contributed by atoms with Crippen molar-refractivity contribution in [3.63, 3.8) is 0 Å². The van der Waals surface area contributed by atoms with E-state index >= 15 is 0 Å². The lowest BCUT2D eigenvalue weighted by Gasteiger charge is -2.28. The summed E-state index contributed by atoms with van der Waals surface area (Å²) in [5, 5.41) is 12.3. The molecule has 2 atom stereocenters. The minimum Gasteiger partial charge on any atom is -0.314 e. The molecule has 0 saturated heterocycles. The first kappa shape index (κ1) is 14.2. The zero-order valence-corrected chi connectivity index (χ0v) is 13.2. The molecule has 1 aromatic carbocycles. The molecule has 1 aliphatic carbocycles. The van der Waals surface area contributed by atoms with Crippen LogP contribution in [0.4, 0.5) is 4.39 Å². The highest BCUT2D eigenvalue weighted by Crippen LogP contribution is 2.35. The zero-order valence-electron chi connectivity index (χ0n) is 12.4. The van der Waals surface area contributed by atoms with Crippen LogP contribution in [0.3, 0.4) is 0 Å². The molecule has 0 radical (unpaired) electrons. The monoisotopic (exact) mass is 320 g/mol. The molecule has 116 valence electrons. The number of halogens is 2. The number of aromatic nitrogens is 3. The van der Waals surface area contributed by atoms with E-state index in [-0.39, 0.29) is 16.9 Å². The van der Waals surface area contributed by atoms with Gasteiger partial charge in [0.25, 0.3) is 0 Å². The Morgan fingerprint density at radius 1 is 1.27 bits per heavy atom. The predicted octanol–water partition coefficient (Wildman–Crippen LogP) is 2.97. The van der Waals surface area contributed by atoms with Crippen LogP contribution < -0.4 is 5.32 Å². The molecular weight excluding hydrogens is 303 g/mol. The van der Waals surface area contributed by atoms with Gasteiger partial charge in [-0.15, -0.1) is 10.2 Å². The standard InChI is InChI=1S/C16H18ClFN4/c1-9-20-21-16-5-3-11(8-22(9)16)19-15-4-2-10-6-14(18)13(17)7-12(10)15/h6-7,11,15,19H,2-5,8H2,1H3. The number of aryl methyl sites for hydroxylation is 3. The number of nitrogens with one attached hydrogen (secondary N) is 1. The number of fused-ring (bicyclic) bond motifs is 2. The minimum absolute atomic E-state index is 0.216. The fourth-order valence-corrected chi connectivity index (χ4v) is 3.83. The maximum atomic E-state index is 13.6. The lowest BCUT2D eigenvalue weighted by Crippen LogP contribution is -2.39. The highest BCUT2D eigenvalue weighted by atomic mass is 35.5. The molecule has 2 heterocycles. The summed E-state index contributed by atoms with van der Waals surface area (Å²) < 4.78 is 15.8. The third-order valence-corrected chi connectivity index (χ3v) is 5.12. The molecule has 2 aromatic rings. The molecule has 4 rings (SSSR count). The molecule has 1 aromatic heterocycles. The van der Waals surface area contributed by atoms with Crippen LogP contribution in [0.15, 0.2) is 12.1 Å². The van der Waals surface area contributed by atoms with Crippen molar-refractivity contribution in [3.8, 4) is 0 Å². The van der Waals surface area contributed by atoms with Crippen LogP contribution in [0.25, 0.3) is 0 Å². The van der Waals surface area contributed by atoms with Crippen LogP contribution in [0.2, 0.25) is 5.02 Å². The topological polar surface area (TPSA) is 42.7 Å². The van der Waals surface area contributed by atoms with Crippen molar-refractivity contribution >= 4 is 11.6 Å². The summed E-state index contributed by atoms with van der Waals surface area (Å²) in [7, 11) is 0. The van der Waals surface area contributed by atoms with E-state index < -0.39 is 0 Å². The summed E-state index contributed by atoms with van der Waals surface area (Å²) in [6, 6.07) is 4.02. The van der Waals surface area contributed by atoms with Gasteiger partial charge in [-0.25, -0.2) is 4.39 Å². The van der Waals surface area contributed by atoms with Gasteiger partial charge in [0.05, 0.1) is 5.02 Å². The Labute approximate surface area is 133 Å². The molecule has 0 fully saturated rings. The quantitative estimate of drug-likeness (QED) is 0.925. The molecule has 0 bridgehead atoms. The SMILES string of the molecule is Cc1nnc2n1CC(NC1CCc3cc(F)c(Cl)cc31)CC2. The van der Waals surface area contributed by atoms with Crippen molar-refractivity contribution in [1.29, 1.82) is 0 Å². The average Bonchev–Trinajstić information content (AvgIpc) is 3.05. The minimum atomic E-state index is -0.316. The smallest absolute Gasteiger partial charge is 0.142 e. The third-order valence-electron chi connectivity index (χ3n) is 4.83. The van der Waals surface area contributed by atoms with Gasteiger partial charge >= 0.3 is 0 Å². The zero-order chi connectivity index (χ0) is 15.3. The van der Waals surface area contributed by atoms with Crippen LogP contribution in [0.5, 0.6) is 0 Å². The second kappa shape index (κ2) is 5.32. The molecule has 4 nitrogen and oxygen atoms in total. The van der Waals surface area contributed by atoms with Gasteiger partial charge in [0.2, 0.25) is 0 Å². The van der Waals surface area contributed by atoms with E-state index in [2.05, 4.69) is 20.1 Å². The molecule has 6 heteroatoms. The second-order valence-corrected chi connectivity index (χ2v) is 6.64. The predicted molar refractivity (Wildman–Crippen MR) is 82.5 cm³/mol. The molecular formula is C16H18ClFN4. The van der Waals surface area contributed by atoms with Crippen LogP contribution >= 0.6 is 11.6 Å². The summed E-state index contributed by atoms with van der Waals surface area (Å²) >= 11 is 5.95. The lowest BCUT2D eigenvalue weighted by molar-refractivity contribution is 0.339. The Kier molecular flexibility index (Phi) is 3.42. The van der Waals surface area contributed by atoms with E-state index in [1.807, 2.05) is 6.92 Å². The Morgan fingerprint density at radius 2 is 2.14 bits per heavy atom. The number of hydrogen-bond donors (Lipinski definition) is 1. The van der Waals surface area contributed by atoms with Gasteiger partial charge in [0.1, 0.15) is 17.5 Å². The van der Waals surface area contributed by atoms with Gasteiger partial charge in [0.15, 0.2) is 0 Å². The molecule has 2 unspecified atom stereocenters. The second-order valence-electron chi connectivity index (χ2n) is 6.23. The number of rotatable bonds is 2. The Morgan fingerprint density at radius 3 is 3.00 bits per heavy atom. The van der Waals surface area contributed by atoms with Crippen molar-refractivity contribution in [2.24, 2.45) is 0 Å². The van der Waals surface area contributed by atoms with E-state index in [0.717, 1.165) is 55.0 Å². The van der Waals surface area contributed by atoms with Gasteiger partial charge in [-0.05, 0) is 49.4 Å². The Bertz CT molecular complexity index is 727. The molecule has 0 saturated carbocycles. The Balaban J connectivity index is 1.53. The highest BCUT2D eigenvalue weighted by molar-refractivity contribution is 6.30. The first-order valence-electron chi connectivity index (χ1n) is 7.74. The first-order chi connectivity index (χ1) is 10.6. The number of nitrogens with zero attached hydrogens (tertiary/aromatic N) is 3. The van der Waals surface area contributed by atoms with Gasteiger partial charge in [-0.3, -0.25) is 0 Å². The van der Waals surface area contributed by atoms with Crippen molar-refractivity contribution in [3.05, 3.63) is 45.7 Å². The van der Waals surface area contributed by atoms with Crippen LogP contribution in [0, 0.1) is 12.7 Å². The van der Waals surface area contributed by atoms with Crippen molar-refractivity contribution < 1.29 is 4.39 Å². The summed E-state index contributed by atoms with van der Waals surface area (Å²) in [5.41, 5.74) is 2.23. The van der Waals surface area contributed by atoms with Gasteiger partial charge in [-0.2, -0.15) is 0 Å². The molecule has 0 spiro atoms. The lowest BCUT2D eigenvalue weighted by atomic mass is 10.0. The van der Waals surface area contributed by atoms with Crippen LogP contribution in [0.1, 0.15) is 41.7 Å². The maximum absolute atomic E-state index is 13.6. The fourth-order valence-electron chi connectivity index (χ4n) is 3.66. The van der Waals surface area contributed by atoms with Crippen molar-refractivity contribution in [2.45, 2.75) is 51.2 Å².